The van der Waals surface area contributed by atoms with Gasteiger partial charge in [0, 0.05) is 18.7 Å². The number of phenolic OH excluding ortho intramolecular Hbond substituents is 1. The fourth-order valence-corrected chi connectivity index (χ4v) is 2.08. The van der Waals surface area contributed by atoms with E-state index in [2.05, 4.69) is 15.3 Å². The molecule has 0 bridgehead atoms. The van der Waals surface area contributed by atoms with Gasteiger partial charge in [-0.3, -0.25) is 9.59 Å². The summed E-state index contributed by atoms with van der Waals surface area (Å²) < 4.78 is 10.2. The second-order valence-corrected chi connectivity index (χ2v) is 5.50. The predicted molar refractivity (Wildman–Crippen MR) is 105 cm³/mol. The van der Waals surface area contributed by atoms with Gasteiger partial charge in [-0.2, -0.15) is 0 Å². The lowest BCUT2D eigenvalue weighted by atomic mass is 10.1. The minimum atomic E-state index is -0.835. The zero-order valence-electron chi connectivity index (χ0n) is 16.2. The van der Waals surface area contributed by atoms with Crippen LogP contribution in [0.2, 0.25) is 0 Å². The van der Waals surface area contributed by atoms with Crippen LogP contribution in [0.1, 0.15) is 30.1 Å². The zero-order chi connectivity index (χ0) is 21.5. The first-order valence-corrected chi connectivity index (χ1v) is 8.81. The number of aromatic hydroxyl groups is 1. The summed E-state index contributed by atoms with van der Waals surface area (Å²) in [5.74, 6) is -1.92. The molecule has 0 spiro atoms. The predicted octanol–water partition coefficient (Wildman–Crippen LogP) is 2.08. The van der Waals surface area contributed by atoms with E-state index >= 15 is 0 Å². The summed E-state index contributed by atoms with van der Waals surface area (Å²) in [6.07, 6.45) is 5.98. The first kappa shape index (κ1) is 23.4. The summed E-state index contributed by atoms with van der Waals surface area (Å²) in [4.78, 5) is 40.1. The van der Waals surface area contributed by atoms with Crippen LogP contribution in [-0.4, -0.2) is 49.0 Å². The van der Waals surface area contributed by atoms with E-state index in [0.29, 0.717) is 0 Å². The van der Waals surface area contributed by atoms with Gasteiger partial charge >= 0.3 is 11.9 Å². The number of carbonyl (C=O) groups is 3. The number of para-hydroxylation sites is 1. The Kier molecular flexibility index (Phi) is 10.9. The Morgan fingerprint density at radius 1 is 1.28 bits per heavy atom. The fourth-order valence-electron chi connectivity index (χ4n) is 2.08. The van der Waals surface area contributed by atoms with Gasteiger partial charge in [0.25, 0.3) is 0 Å². The van der Waals surface area contributed by atoms with Crippen molar-refractivity contribution in [3.8, 4) is 5.75 Å². The van der Waals surface area contributed by atoms with Crippen LogP contribution in [0.25, 0.3) is 0 Å². The minimum absolute atomic E-state index is 0.0125. The number of phenols is 1. The van der Waals surface area contributed by atoms with Crippen LogP contribution in [0.3, 0.4) is 0 Å². The topological polar surface area (TPSA) is 124 Å². The van der Waals surface area contributed by atoms with Crippen molar-refractivity contribution in [1.82, 2.24) is 5.32 Å². The summed E-state index contributed by atoms with van der Waals surface area (Å²) >= 11 is 0. The highest BCUT2D eigenvalue weighted by atomic mass is 16.6. The van der Waals surface area contributed by atoms with Gasteiger partial charge in [0.2, 0.25) is 5.91 Å². The van der Waals surface area contributed by atoms with E-state index in [1.54, 1.807) is 19.1 Å². The van der Waals surface area contributed by atoms with Crippen molar-refractivity contribution in [2.75, 3.05) is 13.7 Å². The molecule has 0 aliphatic rings. The number of oxime groups is 1. The van der Waals surface area contributed by atoms with Crippen LogP contribution in [0.15, 0.2) is 53.8 Å². The Bertz CT molecular complexity index is 772. The van der Waals surface area contributed by atoms with Gasteiger partial charge in [0.15, 0.2) is 0 Å². The van der Waals surface area contributed by atoms with Crippen LogP contribution >= 0.6 is 0 Å². The Balaban J connectivity index is 2.67. The van der Waals surface area contributed by atoms with E-state index in [1.807, 2.05) is 0 Å². The lowest BCUT2D eigenvalue weighted by Gasteiger charge is -2.16. The Labute approximate surface area is 168 Å². The summed E-state index contributed by atoms with van der Waals surface area (Å²) in [5, 5.41) is 15.7. The van der Waals surface area contributed by atoms with Gasteiger partial charge in [0.1, 0.15) is 24.5 Å². The molecule has 0 saturated carbocycles. The molecular formula is C20H24N2O7. The molecule has 0 heterocycles. The molecule has 9 heteroatoms. The second kappa shape index (κ2) is 13.5. The monoisotopic (exact) mass is 404 g/mol. The third-order valence-electron chi connectivity index (χ3n) is 3.34. The molecular weight excluding hydrogens is 380 g/mol. The highest BCUT2D eigenvalue weighted by Crippen LogP contribution is 2.19. The van der Waals surface area contributed by atoms with E-state index in [-0.39, 0.29) is 30.8 Å². The molecule has 2 N–H and O–H groups in total. The van der Waals surface area contributed by atoms with Gasteiger partial charge in [-0.25, -0.2) is 4.79 Å². The fraction of sp³-hybridized carbons (Fsp3) is 0.300. The van der Waals surface area contributed by atoms with Crippen molar-refractivity contribution < 1.29 is 33.8 Å². The molecule has 0 saturated heterocycles. The van der Waals surface area contributed by atoms with Crippen molar-refractivity contribution in [2.45, 2.75) is 25.9 Å². The molecule has 156 valence electrons. The smallest absolute Gasteiger partial charge is 0.342 e. The number of nitrogens with one attached hydrogen (secondary N) is 1. The number of rotatable bonds is 11. The summed E-state index contributed by atoms with van der Waals surface area (Å²) in [6.45, 7) is 1.87. The number of amides is 1. The maximum atomic E-state index is 12.3. The number of nitrogens with zero attached hydrogens (tertiary/aromatic N) is 1. The highest BCUT2D eigenvalue weighted by molar-refractivity contribution is 5.93. The molecule has 9 nitrogen and oxygen atoms in total. The molecule has 1 aromatic rings. The van der Waals surface area contributed by atoms with Crippen LogP contribution in [0, 0.1) is 0 Å². The summed E-state index contributed by atoms with van der Waals surface area (Å²) in [7, 11) is 1.38. The minimum Gasteiger partial charge on any atom is -0.507 e. The number of hydrogen-bond donors (Lipinski definition) is 2. The first-order valence-electron chi connectivity index (χ1n) is 8.81. The largest absolute Gasteiger partial charge is 0.507 e. The number of carbonyl (C=O) groups excluding carboxylic acids is 3. The zero-order valence-corrected chi connectivity index (χ0v) is 16.2. The van der Waals surface area contributed by atoms with Crippen molar-refractivity contribution in [2.24, 2.45) is 5.16 Å². The molecule has 0 aliphatic heterocycles. The highest BCUT2D eigenvalue weighted by Gasteiger charge is 2.21. The van der Waals surface area contributed by atoms with Crippen LogP contribution in [0.5, 0.6) is 5.75 Å². The van der Waals surface area contributed by atoms with E-state index in [9.17, 15) is 19.5 Å². The third kappa shape index (κ3) is 9.76. The van der Waals surface area contributed by atoms with E-state index in [1.165, 1.54) is 49.9 Å². The molecule has 1 aromatic carbocycles. The van der Waals surface area contributed by atoms with Crippen LogP contribution in [0.4, 0.5) is 0 Å². The average molecular weight is 404 g/mol. The van der Waals surface area contributed by atoms with Gasteiger partial charge in [-0.05, 0) is 25.1 Å². The van der Waals surface area contributed by atoms with Gasteiger partial charge in [0.05, 0.1) is 19.2 Å². The normalized spacial score (nSPS) is 12.2. The molecule has 1 atom stereocenters. The Morgan fingerprint density at radius 2 is 2.03 bits per heavy atom. The molecule has 0 aromatic heterocycles. The van der Waals surface area contributed by atoms with Crippen LogP contribution < -0.4 is 5.32 Å². The Morgan fingerprint density at radius 3 is 2.72 bits per heavy atom. The van der Waals surface area contributed by atoms with Crippen molar-refractivity contribution in [3.05, 3.63) is 54.3 Å². The lowest BCUT2D eigenvalue weighted by Crippen LogP contribution is -2.23. The summed E-state index contributed by atoms with van der Waals surface area (Å²) in [5.41, 5.74) is -0.0125. The van der Waals surface area contributed by atoms with Crippen molar-refractivity contribution >= 4 is 24.1 Å². The quantitative estimate of drug-likeness (QED) is 0.250. The molecule has 1 unspecified atom stereocenters. The van der Waals surface area contributed by atoms with Crippen molar-refractivity contribution in [1.29, 1.82) is 0 Å². The number of ether oxygens (including phenoxy) is 2. The summed E-state index contributed by atoms with van der Waals surface area (Å²) in [6, 6.07) is 5.92. The van der Waals surface area contributed by atoms with Gasteiger partial charge < -0.3 is 24.7 Å². The number of benzene rings is 1. The molecule has 1 rings (SSSR count). The lowest BCUT2D eigenvalue weighted by molar-refractivity contribution is -0.145. The number of hydrogen-bond acceptors (Lipinski definition) is 8. The molecule has 0 aliphatic carbocycles. The maximum Gasteiger partial charge on any atom is 0.342 e. The molecule has 0 radical (unpaired) electrons. The number of esters is 2. The van der Waals surface area contributed by atoms with Crippen molar-refractivity contribution in [3.63, 3.8) is 0 Å². The SMILES string of the molecule is CCOC(=O)CC(C/C=C/NC(=O)/C=C/C=N/OC)OC(=O)c1ccccc1O. The maximum absolute atomic E-state index is 12.3. The van der Waals surface area contributed by atoms with Crippen LogP contribution in [-0.2, 0) is 23.9 Å². The van der Waals surface area contributed by atoms with E-state index < -0.39 is 23.9 Å². The first-order chi connectivity index (χ1) is 14.0. The van der Waals surface area contributed by atoms with Gasteiger partial charge in [-0.15, -0.1) is 0 Å². The number of allylic oxidation sites excluding steroid dienone is 1. The molecule has 29 heavy (non-hydrogen) atoms. The van der Waals surface area contributed by atoms with Gasteiger partial charge in [-0.1, -0.05) is 23.4 Å². The Hall–Kier alpha value is -3.62. The molecule has 1 amide bonds. The molecule has 0 fully saturated rings. The third-order valence-corrected chi connectivity index (χ3v) is 3.34. The standard InChI is InChI=1S/C20H24N2O7/c1-3-28-19(25)14-15(29-20(26)16-9-4-5-10-17(16)23)8-6-12-21-18(24)11-7-13-22-27-2/h4-7,9-13,15,23H,3,8,14H2,1-2H3,(H,21,24)/b11-7+,12-6+,22-13+. The van der Waals surface area contributed by atoms with E-state index in [0.717, 1.165) is 0 Å². The average Bonchev–Trinajstić information content (AvgIpc) is 2.69. The second-order valence-electron chi connectivity index (χ2n) is 5.50. The van der Waals surface area contributed by atoms with E-state index in [4.69, 9.17) is 9.47 Å².